The molecule has 0 spiro atoms. The van der Waals surface area contributed by atoms with Gasteiger partial charge in [0.1, 0.15) is 15.2 Å². The van der Waals surface area contributed by atoms with Crippen molar-refractivity contribution >= 4 is 21.4 Å². The van der Waals surface area contributed by atoms with E-state index in [2.05, 4.69) is 4.90 Å². The topological polar surface area (TPSA) is 64.4 Å². The molecule has 2 atom stereocenters. The van der Waals surface area contributed by atoms with Gasteiger partial charge in [-0.25, -0.2) is 8.42 Å². The minimum Gasteiger partial charge on any atom is -0.298 e. The van der Waals surface area contributed by atoms with E-state index in [9.17, 15) is 8.42 Å². The van der Waals surface area contributed by atoms with Gasteiger partial charge in [0.15, 0.2) is 0 Å². The van der Waals surface area contributed by atoms with E-state index < -0.39 is 10.0 Å². The first-order valence-corrected chi connectivity index (χ1v) is 8.34. The summed E-state index contributed by atoms with van der Waals surface area (Å²) in [6.45, 7) is 5.02. The predicted molar refractivity (Wildman–Crippen MR) is 74.5 cm³/mol. The molecule has 0 N–H and O–H groups in total. The Bertz CT molecular complexity index is 591. The number of thiophene rings is 1. The summed E-state index contributed by atoms with van der Waals surface area (Å²) < 4.78 is 26.8. The molecule has 104 valence electrons. The van der Waals surface area contributed by atoms with Gasteiger partial charge in [-0.2, -0.15) is 9.57 Å². The Morgan fingerprint density at radius 3 is 2.37 bits per heavy atom. The number of sulfonamides is 1. The molecular weight excluding hydrogens is 282 g/mol. The Labute approximate surface area is 118 Å². The first-order chi connectivity index (χ1) is 8.86. The maximum Gasteiger partial charge on any atom is 0.252 e. The highest BCUT2D eigenvalue weighted by atomic mass is 32.2. The van der Waals surface area contributed by atoms with Crippen LogP contribution < -0.4 is 0 Å². The number of hydrogen-bond acceptors (Lipinski definition) is 5. The lowest BCUT2D eigenvalue weighted by atomic mass is 10.1. The van der Waals surface area contributed by atoms with E-state index in [0.717, 1.165) is 11.3 Å². The van der Waals surface area contributed by atoms with E-state index in [1.165, 1.54) is 10.4 Å². The van der Waals surface area contributed by atoms with Gasteiger partial charge in [-0.3, -0.25) is 4.90 Å². The van der Waals surface area contributed by atoms with E-state index in [4.69, 9.17) is 5.26 Å². The van der Waals surface area contributed by atoms with Crippen molar-refractivity contribution in [3.63, 3.8) is 0 Å². The van der Waals surface area contributed by atoms with Gasteiger partial charge in [0.25, 0.3) is 10.0 Å². The fraction of sp³-hybridized carbons (Fsp3) is 0.583. The van der Waals surface area contributed by atoms with Crippen LogP contribution in [0.2, 0.25) is 0 Å². The molecule has 1 aromatic heterocycles. The van der Waals surface area contributed by atoms with Gasteiger partial charge in [-0.15, -0.1) is 11.3 Å². The molecule has 0 aliphatic carbocycles. The minimum atomic E-state index is -3.47. The quantitative estimate of drug-likeness (QED) is 0.826. The van der Waals surface area contributed by atoms with Crippen LogP contribution in [0.15, 0.2) is 16.3 Å². The second-order valence-electron chi connectivity index (χ2n) is 4.92. The molecular formula is C12H17N3O2S2. The zero-order chi connectivity index (χ0) is 14.2. The number of nitriles is 1. The molecule has 0 amide bonds. The first-order valence-electron chi connectivity index (χ1n) is 6.08. The van der Waals surface area contributed by atoms with E-state index in [-0.39, 0.29) is 16.3 Å². The van der Waals surface area contributed by atoms with Crippen molar-refractivity contribution in [3.8, 4) is 6.07 Å². The lowest BCUT2D eigenvalue weighted by molar-refractivity contribution is 0.105. The van der Waals surface area contributed by atoms with Crippen LogP contribution in [0.1, 0.15) is 18.7 Å². The standard InChI is InChI=1S/C12H17N3O2S2/c1-9-7-15(8-10(2)14(9)3)19(16,17)12-5-4-11(6-13)18-12/h4-5,9-10H,7-8H2,1-3H3. The first kappa shape index (κ1) is 14.5. The highest BCUT2D eigenvalue weighted by Gasteiger charge is 2.35. The second-order valence-corrected chi connectivity index (χ2v) is 8.16. The van der Waals surface area contributed by atoms with Crippen molar-refractivity contribution in [3.05, 3.63) is 17.0 Å². The van der Waals surface area contributed by atoms with Gasteiger partial charge < -0.3 is 0 Å². The monoisotopic (exact) mass is 299 g/mol. The third kappa shape index (κ3) is 2.67. The van der Waals surface area contributed by atoms with Crippen LogP contribution in [0, 0.1) is 11.3 Å². The molecule has 1 aromatic rings. The Kier molecular flexibility index (Phi) is 3.97. The smallest absolute Gasteiger partial charge is 0.252 e. The molecule has 2 heterocycles. The fourth-order valence-corrected chi connectivity index (χ4v) is 5.06. The van der Waals surface area contributed by atoms with Crippen molar-refractivity contribution < 1.29 is 8.42 Å². The molecule has 0 radical (unpaired) electrons. The van der Waals surface area contributed by atoms with Crippen molar-refractivity contribution in [2.24, 2.45) is 0 Å². The van der Waals surface area contributed by atoms with Crippen LogP contribution in [0.4, 0.5) is 0 Å². The molecule has 1 saturated heterocycles. The number of piperazine rings is 1. The van der Waals surface area contributed by atoms with E-state index in [1.54, 1.807) is 6.07 Å². The summed E-state index contributed by atoms with van der Waals surface area (Å²) in [4.78, 5) is 2.61. The van der Waals surface area contributed by atoms with Gasteiger partial charge in [0.2, 0.25) is 0 Å². The fourth-order valence-electron chi connectivity index (χ4n) is 2.20. The molecule has 1 aliphatic heterocycles. The summed E-state index contributed by atoms with van der Waals surface area (Å²) in [7, 11) is -1.45. The Morgan fingerprint density at radius 2 is 1.89 bits per heavy atom. The molecule has 0 aromatic carbocycles. The molecule has 7 heteroatoms. The van der Waals surface area contributed by atoms with Crippen LogP contribution in [0.5, 0.6) is 0 Å². The van der Waals surface area contributed by atoms with Gasteiger partial charge in [-0.1, -0.05) is 0 Å². The lowest BCUT2D eigenvalue weighted by Gasteiger charge is -2.41. The number of nitrogens with zero attached hydrogens (tertiary/aromatic N) is 3. The summed E-state index contributed by atoms with van der Waals surface area (Å²) in [6, 6.07) is 5.43. The zero-order valence-electron chi connectivity index (χ0n) is 11.2. The van der Waals surface area contributed by atoms with Gasteiger partial charge in [0.05, 0.1) is 0 Å². The Morgan fingerprint density at radius 1 is 1.32 bits per heavy atom. The Balaban J connectivity index is 2.28. The van der Waals surface area contributed by atoms with Crippen LogP contribution in [0.25, 0.3) is 0 Å². The summed E-state index contributed by atoms with van der Waals surface area (Å²) in [5, 5.41) is 8.79. The van der Waals surface area contributed by atoms with Crippen molar-refractivity contribution in [2.75, 3.05) is 20.1 Å². The van der Waals surface area contributed by atoms with E-state index in [0.29, 0.717) is 18.0 Å². The molecule has 0 bridgehead atoms. The maximum absolute atomic E-state index is 12.5. The summed E-state index contributed by atoms with van der Waals surface area (Å²) in [6.07, 6.45) is 0. The lowest BCUT2D eigenvalue weighted by Crippen LogP contribution is -2.56. The van der Waals surface area contributed by atoms with Crippen molar-refractivity contribution in [1.82, 2.24) is 9.21 Å². The van der Waals surface area contributed by atoms with Crippen LogP contribution >= 0.6 is 11.3 Å². The van der Waals surface area contributed by atoms with Gasteiger partial charge >= 0.3 is 0 Å². The normalized spacial score (nSPS) is 26.2. The van der Waals surface area contributed by atoms with Crippen LogP contribution in [-0.4, -0.2) is 49.8 Å². The van der Waals surface area contributed by atoms with Crippen LogP contribution in [0.3, 0.4) is 0 Å². The van der Waals surface area contributed by atoms with Crippen molar-refractivity contribution in [1.29, 1.82) is 5.26 Å². The summed E-state index contributed by atoms with van der Waals surface area (Å²) >= 11 is 1.03. The molecule has 1 fully saturated rings. The predicted octanol–water partition coefficient (Wildman–Crippen LogP) is 1.33. The SMILES string of the molecule is CC1CN(S(=O)(=O)c2ccc(C#N)s2)CC(C)N1C. The highest BCUT2D eigenvalue weighted by Crippen LogP contribution is 2.27. The highest BCUT2D eigenvalue weighted by molar-refractivity contribution is 7.91. The average molecular weight is 299 g/mol. The molecule has 5 nitrogen and oxygen atoms in total. The number of rotatable bonds is 2. The molecule has 1 aliphatic rings. The van der Waals surface area contributed by atoms with Crippen LogP contribution in [-0.2, 0) is 10.0 Å². The van der Waals surface area contributed by atoms with Crippen molar-refractivity contribution in [2.45, 2.75) is 30.1 Å². The number of hydrogen-bond donors (Lipinski definition) is 0. The zero-order valence-corrected chi connectivity index (χ0v) is 12.8. The Hall–Kier alpha value is -0.940. The van der Waals surface area contributed by atoms with Gasteiger partial charge in [-0.05, 0) is 33.0 Å². The van der Waals surface area contributed by atoms with E-state index >= 15 is 0 Å². The number of likely N-dealkylation sites (N-methyl/N-ethyl adjacent to an activating group) is 1. The molecule has 2 unspecified atom stereocenters. The molecule has 2 rings (SSSR count). The van der Waals surface area contributed by atoms with Gasteiger partial charge in [0, 0.05) is 25.2 Å². The second kappa shape index (κ2) is 5.21. The maximum atomic E-state index is 12.5. The largest absolute Gasteiger partial charge is 0.298 e. The molecule has 0 saturated carbocycles. The third-order valence-corrected chi connectivity index (χ3v) is 6.90. The third-order valence-electron chi connectivity index (χ3n) is 3.61. The summed E-state index contributed by atoms with van der Waals surface area (Å²) in [5.74, 6) is 0. The minimum absolute atomic E-state index is 0.189. The van der Waals surface area contributed by atoms with E-state index in [1.807, 2.05) is 27.0 Å². The molecule has 19 heavy (non-hydrogen) atoms. The average Bonchev–Trinajstić information content (AvgIpc) is 2.84. The summed E-state index contributed by atoms with van der Waals surface area (Å²) in [5.41, 5.74) is 0.